The Morgan fingerprint density at radius 1 is 1.11 bits per heavy atom. The van der Waals surface area contributed by atoms with Crippen LogP contribution in [0.5, 0.6) is 5.75 Å². The predicted molar refractivity (Wildman–Crippen MR) is 142 cm³/mol. The molecule has 0 aliphatic heterocycles. The number of carbonyl (C=O) groups excluding carboxylic acids is 2. The van der Waals surface area contributed by atoms with Gasteiger partial charge in [-0.1, -0.05) is 54.2 Å². The number of hydrogen-bond donors (Lipinski definition) is 1. The van der Waals surface area contributed by atoms with Gasteiger partial charge in [-0.3, -0.25) is 13.9 Å². The number of sulfonamides is 1. The van der Waals surface area contributed by atoms with Gasteiger partial charge in [-0.2, -0.15) is 0 Å². The monoisotopic (exact) mass is 555 g/mol. The maximum absolute atomic E-state index is 13.7. The maximum atomic E-state index is 13.7. The van der Waals surface area contributed by atoms with E-state index in [1.165, 1.54) is 12.0 Å². The highest BCUT2D eigenvalue weighted by atomic mass is 35.5. The maximum Gasteiger partial charge on any atom is 0.244 e. The Kier molecular flexibility index (Phi) is 9.49. The lowest BCUT2D eigenvalue weighted by Gasteiger charge is -2.32. The first-order chi connectivity index (χ1) is 17.0. The smallest absolute Gasteiger partial charge is 0.244 e. The molecule has 11 heteroatoms. The second kappa shape index (κ2) is 12.2. The highest BCUT2D eigenvalue weighted by Crippen LogP contribution is 2.30. The number of methoxy groups -OCH3 is 1. The van der Waals surface area contributed by atoms with Crippen LogP contribution >= 0.6 is 23.2 Å². The number of nitrogens with zero attached hydrogens (tertiary/aromatic N) is 2. The van der Waals surface area contributed by atoms with Crippen LogP contribution in [-0.2, 0) is 26.2 Å². The molecule has 1 atom stereocenters. The van der Waals surface area contributed by atoms with Crippen LogP contribution in [0.3, 0.4) is 0 Å². The van der Waals surface area contributed by atoms with Crippen LogP contribution in [0.2, 0.25) is 10.0 Å². The zero-order chi connectivity index (χ0) is 26.5. The van der Waals surface area contributed by atoms with E-state index < -0.39 is 28.5 Å². The molecule has 0 unspecified atom stereocenters. The fourth-order valence-electron chi connectivity index (χ4n) is 4.24. The van der Waals surface area contributed by atoms with Crippen LogP contribution in [-0.4, -0.2) is 57.1 Å². The molecule has 0 spiro atoms. The molecule has 2 aromatic carbocycles. The molecule has 0 radical (unpaired) electrons. The Hall–Kier alpha value is -2.49. The summed E-state index contributed by atoms with van der Waals surface area (Å²) < 4.78 is 31.7. The molecule has 3 rings (SSSR count). The number of halogens is 2. The van der Waals surface area contributed by atoms with Crippen molar-refractivity contribution >= 4 is 50.7 Å². The summed E-state index contributed by atoms with van der Waals surface area (Å²) >= 11 is 12.2. The lowest BCUT2D eigenvalue weighted by molar-refractivity contribution is -0.139. The molecule has 0 heterocycles. The first-order valence-electron chi connectivity index (χ1n) is 11.7. The van der Waals surface area contributed by atoms with Crippen LogP contribution in [0.25, 0.3) is 0 Å². The first-order valence-corrected chi connectivity index (χ1v) is 14.3. The minimum atomic E-state index is -3.86. The number of para-hydroxylation sites is 2. The number of nitrogens with one attached hydrogen (secondary N) is 1. The molecule has 1 aliphatic carbocycles. The van der Waals surface area contributed by atoms with Crippen molar-refractivity contribution in [2.75, 3.05) is 24.2 Å². The van der Waals surface area contributed by atoms with Gasteiger partial charge in [0.1, 0.15) is 18.3 Å². The fourth-order valence-corrected chi connectivity index (χ4v) is 5.41. The SMILES string of the molecule is COc1ccccc1N(CC(=O)N(Cc1ccc(Cl)c(Cl)c1)[C@@H](C)C(=O)NC1CCCC1)S(C)(=O)=O. The minimum Gasteiger partial charge on any atom is -0.495 e. The summed E-state index contributed by atoms with van der Waals surface area (Å²) in [6.45, 7) is 1.16. The van der Waals surface area contributed by atoms with Crippen molar-refractivity contribution in [2.24, 2.45) is 0 Å². The van der Waals surface area contributed by atoms with Crippen molar-refractivity contribution in [1.82, 2.24) is 10.2 Å². The Morgan fingerprint density at radius 3 is 2.39 bits per heavy atom. The second-order valence-corrected chi connectivity index (χ2v) is 11.6. The average Bonchev–Trinajstić information content (AvgIpc) is 3.35. The summed E-state index contributed by atoms with van der Waals surface area (Å²) in [5.41, 5.74) is 0.884. The van der Waals surface area contributed by atoms with Crippen LogP contribution < -0.4 is 14.4 Å². The number of hydrogen-bond acceptors (Lipinski definition) is 5. The van der Waals surface area contributed by atoms with E-state index >= 15 is 0 Å². The molecule has 1 fully saturated rings. The fraction of sp³-hybridized carbons (Fsp3) is 0.440. The Bertz CT molecular complexity index is 1200. The number of amides is 2. The Balaban J connectivity index is 1.92. The molecule has 1 aliphatic rings. The summed E-state index contributed by atoms with van der Waals surface area (Å²) in [7, 11) is -2.44. The van der Waals surface area contributed by atoms with E-state index in [9.17, 15) is 18.0 Å². The summed E-state index contributed by atoms with van der Waals surface area (Å²) in [4.78, 5) is 28.1. The van der Waals surface area contributed by atoms with E-state index in [2.05, 4.69) is 5.32 Å². The molecule has 2 amide bonds. The van der Waals surface area contributed by atoms with Gasteiger partial charge >= 0.3 is 0 Å². The largest absolute Gasteiger partial charge is 0.495 e. The van der Waals surface area contributed by atoms with Crippen molar-refractivity contribution in [3.8, 4) is 5.75 Å². The first kappa shape index (κ1) is 28.1. The van der Waals surface area contributed by atoms with Crippen molar-refractivity contribution in [3.63, 3.8) is 0 Å². The molecule has 0 saturated heterocycles. The molecule has 1 saturated carbocycles. The highest BCUT2D eigenvalue weighted by molar-refractivity contribution is 7.92. The van der Waals surface area contributed by atoms with E-state index in [0.717, 1.165) is 36.2 Å². The van der Waals surface area contributed by atoms with Gasteiger partial charge in [-0.05, 0) is 49.6 Å². The number of benzene rings is 2. The van der Waals surface area contributed by atoms with Gasteiger partial charge in [0.25, 0.3) is 0 Å². The standard InChI is InChI=1S/C25H31Cl2N3O5S/c1-17(25(32)28-19-8-4-5-9-19)29(15-18-12-13-20(26)21(27)14-18)24(31)16-30(36(3,33)34)22-10-6-7-11-23(22)35-2/h6-7,10-14,17,19H,4-5,8-9,15-16H2,1-3H3,(H,28,32)/t17-/m0/s1. The van der Waals surface area contributed by atoms with Crippen LogP contribution in [0.15, 0.2) is 42.5 Å². The lowest BCUT2D eigenvalue weighted by Crippen LogP contribution is -2.52. The molecule has 1 N–H and O–H groups in total. The molecule has 36 heavy (non-hydrogen) atoms. The van der Waals surface area contributed by atoms with Crippen molar-refractivity contribution in [1.29, 1.82) is 0 Å². The minimum absolute atomic E-state index is 0.0402. The van der Waals surface area contributed by atoms with Gasteiger partial charge in [-0.15, -0.1) is 0 Å². The number of anilines is 1. The van der Waals surface area contributed by atoms with Crippen molar-refractivity contribution in [3.05, 3.63) is 58.1 Å². The Labute approximate surface area is 222 Å². The molecule has 196 valence electrons. The zero-order valence-electron chi connectivity index (χ0n) is 20.5. The summed E-state index contributed by atoms with van der Waals surface area (Å²) in [6, 6.07) is 10.7. The van der Waals surface area contributed by atoms with E-state index in [0.29, 0.717) is 21.4 Å². The molecule has 2 aromatic rings. The van der Waals surface area contributed by atoms with Crippen LogP contribution in [0.4, 0.5) is 5.69 Å². The van der Waals surface area contributed by atoms with E-state index in [1.807, 2.05) is 0 Å². The van der Waals surface area contributed by atoms with E-state index in [1.54, 1.807) is 49.4 Å². The third-order valence-corrected chi connectivity index (χ3v) is 8.10. The summed E-state index contributed by atoms with van der Waals surface area (Å²) in [5.74, 6) is -0.538. The quantitative estimate of drug-likeness (QED) is 0.472. The van der Waals surface area contributed by atoms with Gasteiger partial charge in [0.2, 0.25) is 21.8 Å². The van der Waals surface area contributed by atoms with Gasteiger partial charge in [0, 0.05) is 12.6 Å². The third-order valence-electron chi connectivity index (χ3n) is 6.24. The number of rotatable bonds is 10. The van der Waals surface area contributed by atoms with Gasteiger partial charge in [0.05, 0.1) is 29.1 Å². The van der Waals surface area contributed by atoms with Crippen LogP contribution in [0, 0.1) is 0 Å². The predicted octanol–water partition coefficient (Wildman–Crippen LogP) is 4.24. The molecular formula is C25H31Cl2N3O5S. The lowest BCUT2D eigenvalue weighted by atomic mass is 10.1. The van der Waals surface area contributed by atoms with Gasteiger partial charge in [-0.25, -0.2) is 8.42 Å². The molecule has 0 bridgehead atoms. The van der Waals surface area contributed by atoms with Gasteiger partial charge in [0.15, 0.2) is 0 Å². The highest BCUT2D eigenvalue weighted by Gasteiger charge is 2.32. The summed E-state index contributed by atoms with van der Waals surface area (Å²) in [6.07, 6.45) is 4.91. The molecule has 0 aromatic heterocycles. The number of carbonyl (C=O) groups is 2. The van der Waals surface area contributed by atoms with Crippen LogP contribution in [0.1, 0.15) is 38.2 Å². The van der Waals surface area contributed by atoms with E-state index in [-0.39, 0.29) is 24.2 Å². The third kappa shape index (κ3) is 7.05. The molecule has 8 nitrogen and oxygen atoms in total. The molecular weight excluding hydrogens is 525 g/mol. The normalized spacial score (nSPS) is 14.8. The second-order valence-electron chi connectivity index (χ2n) is 8.88. The van der Waals surface area contributed by atoms with Gasteiger partial charge < -0.3 is 15.0 Å². The van der Waals surface area contributed by atoms with E-state index in [4.69, 9.17) is 27.9 Å². The topological polar surface area (TPSA) is 96.0 Å². The van der Waals surface area contributed by atoms with Crippen molar-refractivity contribution < 1.29 is 22.7 Å². The summed E-state index contributed by atoms with van der Waals surface area (Å²) in [5, 5.41) is 3.70. The van der Waals surface area contributed by atoms with Crippen molar-refractivity contribution in [2.45, 2.75) is 51.2 Å². The average molecular weight is 557 g/mol. The zero-order valence-corrected chi connectivity index (χ0v) is 22.9. The Morgan fingerprint density at radius 2 is 1.78 bits per heavy atom. The number of ether oxygens (including phenoxy) is 1.